The number of aliphatic hydroxyl groups is 1. The molecule has 5 heteroatoms. The predicted molar refractivity (Wildman–Crippen MR) is 137 cm³/mol. The Kier molecular flexibility index (Phi) is 6.39. The summed E-state index contributed by atoms with van der Waals surface area (Å²) >= 11 is 1.51. The summed E-state index contributed by atoms with van der Waals surface area (Å²) in [7, 11) is 0. The summed E-state index contributed by atoms with van der Waals surface area (Å²) in [6, 6.07) is 29.1. The summed E-state index contributed by atoms with van der Waals surface area (Å²) in [4.78, 5) is 28.9. The first kappa shape index (κ1) is 23.6. The molecular formula is C30H28O4S. The minimum Gasteiger partial charge on any atom is -0.449 e. The largest absolute Gasteiger partial charge is 0.449 e. The molecule has 3 aromatic carbocycles. The zero-order valence-corrected chi connectivity index (χ0v) is 20.6. The molecule has 4 nitrogen and oxygen atoms in total. The highest BCUT2D eigenvalue weighted by Crippen LogP contribution is 2.58. The molecule has 2 aliphatic rings. The third-order valence-electron chi connectivity index (χ3n) is 6.90. The summed E-state index contributed by atoms with van der Waals surface area (Å²) < 4.78 is 6.17. The Morgan fingerprint density at radius 1 is 0.914 bits per heavy atom. The molecule has 0 spiro atoms. The molecule has 3 atom stereocenters. The number of hydrogen-bond acceptors (Lipinski definition) is 5. The number of carbonyl (C=O) groups excluding carboxylic acids is 2. The van der Waals surface area contributed by atoms with Gasteiger partial charge in [0.05, 0.1) is 23.0 Å². The van der Waals surface area contributed by atoms with Crippen LogP contribution in [0.1, 0.15) is 37.5 Å². The van der Waals surface area contributed by atoms with Gasteiger partial charge in [-0.25, -0.2) is 4.79 Å². The highest BCUT2D eigenvalue weighted by Gasteiger charge is 2.61. The van der Waals surface area contributed by atoms with Gasteiger partial charge < -0.3 is 9.84 Å². The van der Waals surface area contributed by atoms with Gasteiger partial charge >= 0.3 is 5.97 Å². The van der Waals surface area contributed by atoms with Crippen molar-refractivity contribution in [1.82, 2.24) is 0 Å². The lowest BCUT2D eigenvalue weighted by molar-refractivity contribution is -0.158. The van der Waals surface area contributed by atoms with E-state index in [1.165, 1.54) is 11.8 Å². The van der Waals surface area contributed by atoms with Crippen molar-refractivity contribution in [3.05, 3.63) is 113 Å². The van der Waals surface area contributed by atoms with E-state index in [0.29, 0.717) is 12.0 Å². The van der Waals surface area contributed by atoms with E-state index in [4.69, 9.17) is 4.74 Å². The van der Waals surface area contributed by atoms with Crippen molar-refractivity contribution >= 4 is 23.5 Å². The molecule has 35 heavy (non-hydrogen) atoms. The van der Waals surface area contributed by atoms with E-state index in [9.17, 15) is 14.7 Å². The Hall–Kier alpha value is -3.15. The van der Waals surface area contributed by atoms with E-state index in [2.05, 4.69) is 0 Å². The second-order valence-corrected chi connectivity index (χ2v) is 10.9. The average Bonchev–Trinajstić information content (AvgIpc) is 3.16. The zero-order valence-electron chi connectivity index (χ0n) is 19.8. The second kappa shape index (κ2) is 9.48. The van der Waals surface area contributed by atoms with Crippen LogP contribution in [-0.4, -0.2) is 22.5 Å². The van der Waals surface area contributed by atoms with Crippen LogP contribution < -0.4 is 0 Å². The van der Waals surface area contributed by atoms with Gasteiger partial charge in [0.1, 0.15) is 5.78 Å². The fourth-order valence-corrected chi connectivity index (χ4v) is 6.55. The van der Waals surface area contributed by atoms with Crippen molar-refractivity contribution < 1.29 is 19.4 Å². The molecule has 1 saturated carbocycles. The van der Waals surface area contributed by atoms with E-state index in [1.54, 1.807) is 13.8 Å². The van der Waals surface area contributed by atoms with Gasteiger partial charge in [0.25, 0.3) is 0 Å². The lowest BCUT2D eigenvalue weighted by Crippen LogP contribution is -2.56. The lowest BCUT2D eigenvalue weighted by Gasteiger charge is -2.45. The summed E-state index contributed by atoms with van der Waals surface area (Å²) in [5.74, 6) is -1.64. The molecule has 0 amide bonds. The van der Waals surface area contributed by atoms with Gasteiger partial charge in [-0.3, -0.25) is 4.79 Å². The number of ether oxygens (including phenoxy) is 1. The van der Waals surface area contributed by atoms with Gasteiger partial charge in [-0.05, 0) is 49.4 Å². The molecule has 3 aromatic rings. The van der Waals surface area contributed by atoms with Crippen LogP contribution in [-0.2, 0) is 14.3 Å². The average molecular weight is 485 g/mol. The summed E-state index contributed by atoms with van der Waals surface area (Å²) in [6.45, 7) is 3.35. The zero-order chi connectivity index (χ0) is 24.6. The Balaban J connectivity index is 1.50. The van der Waals surface area contributed by atoms with Crippen LogP contribution in [0.4, 0.5) is 0 Å². The normalized spacial score (nSPS) is 21.6. The Labute approximate surface area is 210 Å². The first-order valence-corrected chi connectivity index (χ1v) is 12.7. The summed E-state index contributed by atoms with van der Waals surface area (Å²) in [5.41, 5.74) is 1.06. The van der Waals surface area contributed by atoms with Crippen molar-refractivity contribution in [3.63, 3.8) is 0 Å². The fraction of sp³-hybridized carbons (Fsp3) is 0.267. The fourth-order valence-electron chi connectivity index (χ4n) is 5.37. The van der Waals surface area contributed by atoms with Gasteiger partial charge in [0.2, 0.25) is 0 Å². The minimum absolute atomic E-state index is 0.0749. The van der Waals surface area contributed by atoms with Crippen molar-refractivity contribution in [1.29, 1.82) is 0 Å². The van der Waals surface area contributed by atoms with E-state index in [-0.39, 0.29) is 11.7 Å². The van der Waals surface area contributed by atoms with E-state index < -0.39 is 29.5 Å². The second-order valence-electron chi connectivity index (χ2n) is 9.74. The third-order valence-corrected chi connectivity index (χ3v) is 8.04. The maximum Gasteiger partial charge on any atom is 0.336 e. The van der Waals surface area contributed by atoms with Crippen molar-refractivity contribution in [2.75, 3.05) is 0 Å². The Bertz CT molecular complexity index is 1210. The predicted octanol–water partition coefficient (Wildman–Crippen LogP) is 5.97. The number of allylic oxidation sites excluding steroid dienone is 1. The quantitative estimate of drug-likeness (QED) is 0.419. The topological polar surface area (TPSA) is 63.6 Å². The molecule has 0 saturated heterocycles. The van der Waals surface area contributed by atoms with Crippen molar-refractivity contribution in [2.24, 2.45) is 17.8 Å². The molecule has 0 radical (unpaired) electrons. The number of benzene rings is 3. The number of thioether (sulfide) groups is 1. The molecule has 1 N–H and O–H groups in total. The number of hydrogen-bond donors (Lipinski definition) is 1. The molecule has 0 aliphatic heterocycles. The third kappa shape index (κ3) is 4.58. The number of esters is 1. The summed E-state index contributed by atoms with van der Waals surface area (Å²) in [5, 5.41) is 10.6. The highest BCUT2D eigenvalue weighted by atomic mass is 32.2. The van der Waals surface area contributed by atoms with Crippen molar-refractivity contribution in [2.45, 2.75) is 36.9 Å². The van der Waals surface area contributed by atoms with Crippen LogP contribution in [0.2, 0.25) is 0 Å². The smallest absolute Gasteiger partial charge is 0.336 e. The SMILES string of the molecule is CC(C)(O)C1C(=O)C2C(C(=O)OC(c3ccccc3)c3ccccc3)=C(Sc3ccccc3)CC21. The van der Waals surface area contributed by atoms with Crippen LogP contribution in [0.25, 0.3) is 0 Å². The van der Waals surface area contributed by atoms with Crippen molar-refractivity contribution in [3.8, 4) is 0 Å². The molecule has 3 unspecified atom stereocenters. The van der Waals surface area contributed by atoms with Crippen LogP contribution in [0.5, 0.6) is 0 Å². The van der Waals surface area contributed by atoms with Crippen LogP contribution in [0.3, 0.4) is 0 Å². The van der Waals surface area contributed by atoms with E-state index in [0.717, 1.165) is 20.9 Å². The van der Waals surface area contributed by atoms with Gasteiger partial charge in [0.15, 0.2) is 6.10 Å². The van der Waals surface area contributed by atoms with Crippen LogP contribution in [0, 0.1) is 17.8 Å². The van der Waals surface area contributed by atoms with Gasteiger partial charge in [-0.15, -0.1) is 0 Å². The number of Topliss-reactive ketones (excluding diaryl/α,β-unsaturated/α-hetero) is 1. The van der Waals surface area contributed by atoms with Gasteiger partial charge in [0, 0.05) is 9.80 Å². The number of fused-ring (bicyclic) bond motifs is 1. The first-order valence-electron chi connectivity index (χ1n) is 11.9. The van der Waals surface area contributed by atoms with E-state index in [1.807, 2.05) is 91.0 Å². The number of carbonyl (C=O) groups is 2. The van der Waals surface area contributed by atoms with Crippen LogP contribution >= 0.6 is 11.8 Å². The highest BCUT2D eigenvalue weighted by molar-refractivity contribution is 8.03. The molecule has 1 fully saturated rings. The number of ketones is 1. The van der Waals surface area contributed by atoms with Gasteiger partial charge in [-0.1, -0.05) is 90.6 Å². The Morgan fingerprint density at radius 3 is 1.94 bits per heavy atom. The standard InChI is InChI=1S/C30H28O4S/c1-30(2,33)26-22-18-23(35-21-16-10-5-11-17-21)25(24(22)27(26)31)29(32)34-28(19-12-6-3-7-13-19)20-14-8-4-9-15-20/h3-17,22,24,26,28,33H,18H2,1-2H3. The maximum atomic E-state index is 13.8. The van der Waals surface area contributed by atoms with Crippen LogP contribution in [0.15, 0.2) is 106 Å². The molecule has 0 heterocycles. The molecule has 0 bridgehead atoms. The maximum absolute atomic E-state index is 13.8. The first-order chi connectivity index (χ1) is 16.8. The molecule has 178 valence electrons. The molecular weight excluding hydrogens is 456 g/mol. The minimum atomic E-state index is -1.13. The molecule has 5 rings (SSSR count). The summed E-state index contributed by atoms with van der Waals surface area (Å²) in [6.07, 6.45) is -0.00387. The molecule has 0 aromatic heterocycles. The van der Waals surface area contributed by atoms with E-state index >= 15 is 0 Å². The van der Waals surface area contributed by atoms with Gasteiger partial charge in [-0.2, -0.15) is 0 Å². The Morgan fingerprint density at radius 2 is 1.43 bits per heavy atom. The number of rotatable bonds is 7. The monoisotopic (exact) mass is 484 g/mol. The molecule has 2 aliphatic carbocycles. The lowest BCUT2D eigenvalue weighted by atomic mass is 9.58.